The molecule has 5 heteroatoms. The number of likely N-dealkylation sites (N-methyl/N-ethyl adjacent to an activating group) is 1. The van der Waals surface area contributed by atoms with Gasteiger partial charge in [0.25, 0.3) is 0 Å². The van der Waals surface area contributed by atoms with Gasteiger partial charge in [0, 0.05) is 20.1 Å². The molecule has 1 aliphatic rings. The summed E-state index contributed by atoms with van der Waals surface area (Å²) in [5.74, 6) is 0.645. The van der Waals surface area contributed by atoms with Crippen LogP contribution in [0.15, 0.2) is 0 Å². The highest BCUT2D eigenvalue weighted by atomic mass is 35.5. The monoisotopic (exact) mass is 236 g/mol. The molecule has 0 saturated carbocycles. The van der Waals surface area contributed by atoms with Crippen LogP contribution < -0.4 is 5.32 Å². The highest BCUT2D eigenvalue weighted by Gasteiger charge is 2.24. The number of rotatable bonds is 3. The quantitative estimate of drug-likeness (QED) is 0.777. The lowest BCUT2D eigenvalue weighted by atomic mass is 10.2. The van der Waals surface area contributed by atoms with Gasteiger partial charge in [0.05, 0.1) is 13.2 Å². The fourth-order valence-electron chi connectivity index (χ4n) is 1.63. The number of halogens is 1. The number of ether oxygens (including phenoxy) is 1. The SMILES string of the molecule is CC(C)CN(C)C(=O)C1COCCN1.Cl. The first-order valence-corrected chi connectivity index (χ1v) is 5.17. The van der Waals surface area contributed by atoms with Crippen molar-refractivity contribution >= 4 is 18.3 Å². The lowest BCUT2D eigenvalue weighted by molar-refractivity contribution is -0.135. The first kappa shape index (κ1) is 14.7. The number of carbonyl (C=O) groups excluding carboxylic acids is 1. The maximum absolute atomic E-state index is 11.8. The van der Waals surface area contributed by atoms with E-state index in [2.05, 4.69) is 19.2 Å². The molecule has 1 N–H and O–H groups in total. The third-order valence-electron chi connectivity index (χ3n) is 2.23. The third-order valence-corrected chi connectivity index (χ3v) is 2.23. The largest absolute Gasteiger partial charge is 0.378 e. The van der Waals surface area contributed by atoms with E-state index in [0.29, 0.717) is 19.1 Å². The highest BCUT2D eigenvalue weighted by Crippen LogP contribution is 2.01. The summed E-state index contributed by atoms with van der Waals surface area (Å²) in [5, 5.41) is 3.16. The lowest BCUT2D eigenvalue weighted by Gasteiger charge is -2.28. The summed E-state index contributed by atoms with van der Waals surface area (Å²) in [6, 6.07) is -0.146. The van der Waals surface area contributed by atoms with Gasteiger partial charge in [-0.1, -0.05) is 13.8 Å². The highest BCUT2D eigenvalue weighted by molar-refractivity contribution is 5.85. The summed E-state index contributed by atoms with van der Waals surface area (Å²) in [6.07, 6.45) is 0. The topological polar surface area (TPSA) is 41.6 Å². The Morgan fingerprint density at radius 3 is 2.73 bits per heavy atom. The van der Waals surface area contributed by atoms with Crippen molar-refractivity contribution in [3.05, 3.63) is 0 Å². The minimum atomic E-state index is -0.146. The summed E-state index contributed by atoms with van der Waals surface area (Å²) in [7, 11) is 1.85. The average Bonchev–Trinajstić information content (AvgIpc) is 2.17. The molecule has 1 heterocycles. The van der Waals surface area contributed by atoms with Crippen LogP contribution in [0.5, 0.6) is 0 Å². The Labute approximate surface area is 97.8 Å². The van der Waals surface area contributed by atoms with Crippen LogP contribution in [0.2, 0.25) is 0 Å². The molecule has 1 aliphatic heterocycles. The Morgan fingerprint density at radius 1 is 1.60 bits per heavy atom. The molecular weight excluding hydrogens is 216 g/mol. The Bertz CT molecular complexity index is 194. The zero-order chi connectivity index (χ0) is 10.6. The van der Waals surface area contributed by atoms with Gasteiger partial charge in [-0.2, -0.15) is 0 Å². The van der Waals surface area contributed by atoms with Gasteiger partial charge in [-0.25, -0.2) is 0 Å². The molecule has 0 aromatic heterocycles. The molecular formula is C10H21ClN2O2. The van der Waals surface area contributed by atoms with Crippen LogP contribution in [0.4, 0.5) is 0 Å². The molecule has 0 radical (unpaired) electrons. The number of hydrogen-bond donors (Lipinski definition) is 1. The normalized spacial score (nSPS) is 20.9. The second kappa shape index (κ2) is 7.04. The molecule has 1 fully saturated rings. The van der Waals surface area contributed by atoms with Crippen molar-refractivity contribution in [2.24, 2.45) is 5.92 Å². The van der Waals surface area contributed by atoms with Gasteiger partial charge in [-0.15, -0.1) is 12.4 Å². The smallest absolute Gasteiger partial charge is 0.241 e. The third kappa shape index (κ3) is 4.82. The van der Waals surface area contributed by atoms with Gasteiger partial charge in [0.1, 0.15) is 6.04 Å². The van der Waals surface area contributed by atoms with E-state index >= 15 is 0 Å². The van der Waals surface area contributed by atoms with Crippen molar-refractivity contribution in [2.75, 3.05) is 33.4 Å². The van der Waals surface area contributed by atoms with E-state index in [0.717, 1.165) is 13.1 Å². The number of morpholine rings is 1. The summed E-state index contributed by atoms with van der Waals surface area (Å²) in [5.41, 5.74) is 0. The van der Waals surface area contributed by atoms with Crippen LogP contribution in [-0.4, -0.2) is 50.2 Å². The number of hydrogen-bond acceptors (Lipinski definition) is 3. The number of nitrogens with zero attached hydrogens (tertiary/aromatic N) is 1. The Kier molecular flexibility index (Phi) is 6.89. The molecule has 1 rings (SSSR count). The van der Waals surface area contributed by atoms with Crippen LogP contribution in [-0.2, 0) is 9.53 Å². The second-order valence-electron chi connectivity index (χ2n) is 4.19. The van der Waals surface area contributed by atoms with Crippen molar-refractivity contribution in [3.63, 3.8) is 0 Å². The maximum atomic E-state index is 11.8. The second-order valence-corrected chi connectivity index (χ2v) is 4.19. The molecule has 0 aromatic rings. The molecule has 0 aliphatic carbocycles. The van der Waals surface area contributed by atoms with E-state index in [9.17, 15) is 4.79 Å². The zero-order valence-corrected chi connectivity index (χ0v) is 10.5. The van der Waals surface area contributed by atoms with Crippen LogP contribution in [0.1, 0.15) is 13.8 Å². The molecule has 90 valence electrons. The summed E-state index contributed by atoms with van der Waals surface area (Å²) in [6.45, 7) is 6.99. The Balaban J connectivity index is 0.00000196. The van der Waals surface area contributed by atoms with Crippen molar-refractivity contribution in [3.8, 4) is 0 Å². The molecule has 15 heavy (non-hydrogen) atoms. The minimum absolute atomic E-state index is 0. The summed E-state index contributed by atoms with van der Waals surface area (Å²) >= 11 is 0. The molecule has 1 unspecified atom stereocenters. The first-order chi connectivity index (χ1) is 6.61. The maximum Gasteiger partial charge on any atom is 0.241 e. The van der Waals surface area contributed by atoms with Gasteiger partial charge in [0.2, 0.25) is 5.91 Å². The number of nitrogens with one attached hydrogen (secondary N) is 1. The van der Waals surface area contributed by atoms with E-state index < -0.39 is 0 Å². The van der Waals surface area contributed by atoms with Crippen molar-refractivity contribution in [2.45, 2.75) is 19.9 Å². The predicted octanol–water partition coefficient (Wildman–Crippen LogP) is 0.511. The molecule has 4 nitrogen and oxygen atoms in total. The van der Waals surface area contributed by atoms with Crippen LogP contribution in [0.3, 0.4) is 0 Å². The van der Waals surface area contributed by atoms with E-state index in [1.54, 1.807) is 4.90 Å². The fourth-order valence-corrected chi connectivity index (χ4v) is 1.63. The number of amides is 1. The molecule has 1 atom stereocenters. The van der Waals surface area contributed by atoms with Gasteiger partial charge in [-0.3, -0.25) is 4.79 Å². The van der Waals surface area contributed by atoms with Crippen LogP contribution in [0, 0.1) is 5.92 Å². The fraction of sp³-hybridized carbons (Fsp3) is 0.900. The lowest BCUT2D eigenvalue weighted by Crippen LogP contribution is -2.52. The Hall–Kier alpha value is -0.320. The molecule has 1 amide bonds. The predicted molar refractivity (Wildman–Crippen MR) is 62.3 cm³/mol. The standard InChI is InChI=1S/C10H20N2O2.ClH/c1-8(2)6-12(3)10(13)9-7-14-5-4-11-9;/h8-9,11H,4-7H2,1-3H3;1H. The van der Waals surface area contributed by atoms with Crippen molar-refractivity contribution < 1.29 is 9.53 Å². The van der Waals surface area contributed by atoms with E-state index in [1.807, 2.05) is 7.05 Å². The van der Waals surface area contributed by atoms with E-state index in [1.165, 1.54) is 0 Å². The first-order valence-electron chi connectivity index (χ1n) is 5.17. The molecule has 0 aromatic carbocycles. The van der Waals surface area contributed by atoms with Gasteiger partial charge in [0.15, 0.2) is 0 Å². The molecule has 0 bridgehead atoms. The van der Waals surface area contributed by atoms with Crippen molar-refractivity contribution in [1.29, 1.82) is 0 Å². The Morgan fingerprint density at radius 2 is 2.27 bits per heavy atom. The van der Waals surface area contributed by atoms with Crippen LogP contribution in [0.25, 0.3) is 0 Å². The summed E-state index contributed by atoms with van der Waals surface area (Å²) < 4.78 is 5.25. The summed E-state index contributed by atoms with van der Waals surface area (Å²) in [4.78, 5) is 13.6. The van der Waals surface area contributed by atoms with Crippen molar-refractivity contribution in [1.82, 2.24) is 10.2 Å². The van der Waals surface area contributed by atoms with Crippen LogP contribution >= 0.6 is 12.4 Å². The molecule has 0 spiro atoms. The van der Waals surface area contributed by atoms with Gasteiger partial charge in [-0.05, 0) is 5.92 Å². The minimum Gasteiger partial charge on any atom is -0.378 e. The van der Waals surface area contributed by atoms with E-state index in [4.69, 9.17) is 4.74 Å². The number of carbonyl (C=O) groups is 1. The van der Waals surface area contributed by atoms with E-state index in [-0.39, 0.29) is 24.4 Å². The molecule has 1 saturated heterocycles. The van der Waals surface area contributed by atoms with Gasteiger partial charge < -0.3 is 15.0 Å². The average molecular weight is 237 g/mol. The van der Waals surface area contributed by atoms with Gasteiger partial charge >= 0.3 is 0 Å². The zero-order valence-electron chi connectivity index (χ0n) is 9.66.